The summed E-state index contributed by atoms with van der Waals surface area (Å²) in [5.74, 6) is 0.143. The van der Waals surface area contributed by atoms with Crippen LogP contribution in [-0.2, 0) is 19.1 Å². The average molecular weight is 675 g/mol. The molecule has 0 aromatic rings. The van der Waals surface area contributed by atoms with Gasteiger partial charge < -0.3 is 19.7 Å². The van der Waals surface area contributed by atoms with Crippen molar-refractivity contribution in [2.75, 3.05) is 13.2 Å². The molecule has 0 saturated heterocycles. The van der Waals surface area contributed by atoms with E-state index in [2.05, 4.69) is 32.9 Å². The van der Waals surface area contributed by atoms with Crippen LogP contribution in [0.15, 0.2) is 48.6 Å². The zero-order valence-corrected chi connectivity index (χ0v) is 31.3. The summed E-state index contributed by atoms with van der Waals surface area (Å²) in [4.78, 5) is 24.2. The monoisotopic (exact) mass is 675 g/mol. The highest BCUT2D eigenvalue weighted by molar-refractivity contribution is 5.70. The molecule has 0 aromatic carbocycles. The molecule has 0 amide bonds. The average Bonchev–Trinajstić information content (AvgIpc) is 3.07. The largest absolute Gasteiger partial charge is 0.462 e. The maximum absolute atomic E-state index is 12.2. The molecular formula is C42H74O6. The first-order chi connectivity index (χ1) is 23.4. The first-order valence-corrected chi connectivity index (χ1v) is 19.7. The van der Waals surface area contributed by atoms with Gasteiger partial charge in [0.15, 0.2) is 6.10 Å². The number of aliphatic hydroxyl groups excluding tert-OH is 2. The van der Waals surface area contributed by atoms with Crippen molar-refractivity contribution in [2.45, 2.75) is 187 Å². The molecule has 0 aliphatic rings. The van der Waals surface area contributed by atoms with Gasteiger partial charge in [0.25, 0.3) is 0 Å². The third-order valence-corrected chi connectivity index (χ3v) is 8.38. The van der Waals surface area contributed by atoms with Gasteiger partial charge in [-0.2, -0.15) is 0 Å². The molecule has 0 saturated carbocycles. The molecule has 278 valence electrons. The molecule has 0 unspecified atom stereocenters. The van der Waals surface area contributed by atoms with Crippen molar-refractivity contribution in [1.82, 2.24) is 0 Å². The highest BCUT2D eigenvalue weighted by atomic mass is 16.6. The molecule has 2 atom stereocenters. The van der Waals surface area contributed by atoms with E-state index in [-0.39, 0.29) is 31.6 Å². The molecular weight excluding hydrogens is 600 g/mol. The van der Waals surface area contributed by atoms with E-state index in [0.29, 0.717) is 19.3 Å². The van der Waals surface area contributed by atoms with Gasteiger partial charge >= 0.3 is 11.9 Å². The van der Waals surface area contributed by atoms with Crippen LogP contribution in [0.1, 0.15) is 175 Å². The SMILES string of the molecule is CCCCC/C=C\C[C@@H](O)/C=C/C=C\C/C=C\CCCC(=O)OC[C@H](CO)OC(=O)CCCCCCCCCCCCCCCC(C)C. The minimum atomic E-state index is -0.810. The van der Waals surface area contributed by atoms with E-state index in [4.69, 9.17) is 9.47 Å². The number of hydrogen-bond donors (Lipinski definition) is 2. The molecule has 0 aliphatic heterocycles. The standard InChI is InChI=1S/C42H74O6/c1-4-5-6-7-22-27-32-39(44)33-28-23-18-15-16-19-24-29-34-41(45)47-37-40(36-43)48-42(46)35-30-25-20-14-12-10-8-9-11-13-17-21-26-31-38(2)3/h16,18-19,22-23,27-28,33,38-40,43-44H,4-15,17,20-21,24-26,29-32,34-37H2,1-3H3/b19-16-,23-18-,27-22-,33-28+/t39-,40+/m1/s1. The molecule has 6 nitrogen and oxygen atoms in total. The van der Waals surface area contributed by atoms with E-state index in [1.807, 2.05) is 30.4 Å². The lowest BCUT2D eigenvalue weighted by atomic mass is 10.0. The Morgan fingerprint density at radius 3 is 1.85 bits per heavy atom. The molecule has 0 fully saturated rings. The van der Waals surface area contributed by atoms with Crippen molar-refractivity contribution in [3.05, 3.63) is 48.6 Å². The molecule has 0 bridgehead atoms. The Kier molecular flexibility index (Phi) is 34.5. The summed E-state index contributed by atoms with van der Waals surface area (Å²) >= 11 is 0. The van der Waals surface area contributed by atoms with Gasteiger partial charge in [-0.25, -0.2) is 0 Å². The predicted molar refractivity (Wildman–Crippen MR) is 202 cm³/mol. The summed E-state index contributed by atoms with van der Waals surface area (Å²) < 4.78 is 10.5. The third-order valence-electron chi connectivity index (χ3n) is 8.38. The molecule has 0 aromatic heterocycles. The predicted octanol–water partition coefficient (Wildman–Crippen LogP) is 11.1. The fourth-order valence-electron chi connectivity index (χ4n) is 5.34. The van der Waals surface area contributed by atoms with Crippen molar-refractivity contribution in [1.29, 1.82) is 0 Å². The van der Waals surface area contributed by atoms with Gasteiger partial charge in [0.1, 0.15) is 6.61 Å². The summed E-state index contributed by atoms with van der Waals surface area (Å²) in [6.07, 6.45) is 40.6. The zero-order valence-electron chi connectivity index (χ0n) is 31.3. The van der Waals surface area contributed by atoms with Crippen molar-refractivity contribution in [3.63, 3.8) is 0 Å². The van der Waals surface area contributed by atoms with Crippen molar-refractivity contribution in [2.24, 2.45) is 5.92 Å². The number of esters is 2. The van der Waals surface area contributed by atoms with Crippen LogP contribution < -0.4 is 0 Å². The Morgan fingerprint density at radius 2 is 1.23 bits per heavy atom. The molecule has 0 spiro atoms. The van der Waals surface area contributed by atoms with Crippen LogP contribution in [0.3, 0.4) is 0 Å². The highest BCUT2D eigenvalue weighted by Gasteiger charge is 2.16. The second-order valence-corrected chi connectivity index (χ2v) is 13.7. The Bertz CT molecular complexity index is 843. The van der Waals surface area contributed by atoms with Gasteiger partial charge in [-0.05, 0) is 50.9 Å². The normalized spacial score (nSPS) is 13.5. The van der Waals surface area contributed by atoms with E-state index in [1.165, 1.54) is 89.9 Å². The van der Waals surface area contributed by atoms with Crippen molar-refractivity contribution < 1.29 is 29.3 Å². The van der Waals surface area contributed by atoms with Gasteiger partial charge in [-0.3, -0.25) is 9.59 Å². The number of rotatable bonds is 34. The molecule has 6 heteroatoms. The van der Waals surface area contributed by atoms with Crippen LogP contribution in [0.25, 0.3) is 0 Å². The summed E-state index contributed by atoms with van der Waals surface area (Å²) in [6.45, 7) is 6.33. The number of hydrogen-bond acceptors (Lipinski definition) is 6. The molecule has 48 heavy (non-hydrogen) atoms. The number of unbranched alkanes of at least 4 members (excludes halogenated alkanes) is 16. The quantitative estimate of drug-likeness (QED) is 0.0305. The molecule has 2 N–H and O–H groups in total. The lowest BCUT2D eigenvalue weighted by Crippen LogP contribution is -2.28. The Labute approximate surface area is 295 Å². The number of allylic oxidation sites excluding steroid dienone is 6. The first-order valence-electron chi connectivity index (χ1n) is 19.7. The summed E-state index contributed by atoms with van der Waals surface area (Å²) in [7, 11) is 0. The van der Waals surface area contributed by atoms with E-state index >= 15 is 0 Å². The van der Waals surface area contributed by atoms with Gasteiger partial charge in [0.05, 0.1) is 12.7 Å². The summed E-state index contributed by atoms with van der Waals surface area (Å²) in [5, 5.41) is 19.5. The highest BCUT2D eigenvalue weighted by Crippen LogP contribution is 2.15. The number of ether oxygens (including phenoxy) is 2. The maximum atomic E-state index is 12.2. The van der Waals surface area contributed by atoms with Crippen LogP contribution in [0.2, 0.25) is 0 Å². The van der Waals surface area contributed by atoms with Gasteiger partial charge in [-0.15, -0.1) is 0 Å². The fourth-order valence-corrected chi connectivity index (χ4v) is 5.34. The van der Waals surface area contributed by atoms with E-state index in [1.54, 1.807) is 6.08 Å². The molecule has 0 rings (SSSR count). The van der Waals surface area contributed by atoms with E-state index < -0.39 is 12.2 Å². The second-order valence-electron chi connectivity index (χ2n) is 13.7. The Hall–Kier alpha value is -2.18. The van der Waals surface area contributed by atoms with Gasteiger partial charge in [0, 0.05) is 12.8 Å². The van der Waals surface area contributed by atoms with Crippen LogP contribution >= 0.6 is 0 Å². The van der Waals surface area contributed by atoms with Crippen molar-refractivity contribution in [3.8, 4) is 0 Å². The topological polar surface area (TPSA) is 93.1 Å². The molecule has 0 heterocycles. The lowest BCUT2D eigenvalue weighted by Gasteiger charge is -2.15. The number of carbonyl (C=O) groups excluding carboxylic acids is 2. The minimum Gasteiger partial charge on any atom is -0.462 e. The van der Waals surface area contributed by atoms with E-state index in [9.17, 15) is 19.8 Å². The zero-order chi connectivity index (χ0) is 35.3. The number of carbonyl (C=O) groups is 2. The summed E-state index contributed by atoms with van der Waals surface area (Å²) in [5.41, 5.74) is 0. The second kappa shape index (κ2) is 36.1. The van der Waals surface area contributed by atoms with Crippen LogP contribution in [0, 0.1) is 5.92 Å². The van der Waals surface area contributed by atoms with Gasteiger partial charge in [0.2, 0.25) is 0 Å². The van der Waals surface area contributed by atoms with Crippen LogP contribution in [0.5, 0.6) is 0 Å². The smallest absolute Gasteiger partial charge is 0.306 e. The molecule has 0 aliphatic carbocycles. The third kappa shape index (κ3) is 35.1. The Morgan fingerprint density at radius 1 is 0.646 bits per heavy atom. The van der Waals surface area contributed by atoms with Crippen molar-refractivity contribution >= 4 is 11.9 Å². The molecule has 0 radical (unpaired) electrons. The van der Waals surface area contributed by atoms with E-state index in [0.717, 1.165) is 44.4 Å². The van der Waals surface area contributed by atoms with Crippen LogP contribution in [0.4, 0.5) is 0 Å². The van der Waals surface area contributed by atoms with Crippen LogP contribution in [-0.4, -0.2) is 47.6 Å². The fraction of sp³-hybridized carbons (Fsp3) is 0.762. The summed E-state index contributed by atoms with van der Waals surface area (Å²) in [6, 6.07) is 0. The van der Waals surface area contributed by atoms with Gasteiger partial charge in [-0.1, -0.05) is 166 Å². The first kappa shape index (κ1) is 45.8. The minimum absolute atomic E-state index is 0.114. The Balaban J connectivity index is 3.72. The number of aliphatic hydroxyl groups is 2. The maximum Gasteiger partial charge on any atom is 0.306 e. The lowest BCUT2D eigenvalue weighted by molar-refractivity contribution is -0.161.